The molecule has 0 bridgehead atoms. The highest BCUT2D eigenvalue weighted by Crippen LogP contribution is 2.45. The SMILES string of the molecule is CC(C)=CCC1C(=O)c2c(O)cc(O)cc2OC1c1ccc(O)cc1. The first-order valence-electron chi connectivity index (χ1n) is 8.06. The lowest BCUT2D eigenvalue weighted by Gasteiger charge is -2.33. The van der Waals surface area contributed by atoms with Crippen LogP contribution in [0.4, 0.5) is 0 Å². The summed E-state index contributed by atoms with van der Waals surface area (Å²) in [5.74, 6) is -0.907. The van der Waals surface area contributed by atoms with Crippen LogP contribution in [0.15, 0.2) is 48.0 Å². The summed E-state index contributed by atoms with van der Waals surface area (Å²) in [4.78, 5) is 13.0. The molecule has 3 N–H and O–H groups in total. The molecule has 0 aromatic heterocycles. The fraction of sp³-hybridized carbons (Fsp3) is 0.250. The number of benzene rings is 2. The zero-order valence-corrected chi connectivity index (χ0v) is 14.1. The van der Waals surface area contributed by atoms with Gasteiger partial charge in [0, 0.05) is 12.1 Å². The number of ether oxygens (including phenoxy) is 1. The predicted molar refractivity (Wildman–Crippen MR) is 93.1 cm³/mol. The van der Waals surface area contributed by atoms with Gasteiger partial charge in [0.25, 0.3) is 0 Å². The number of carbonyl (C=O) groups is 1. The molecule has 1 aliphatic rings. The first-order chi connectivity index (χ1) is 11.9. The van der Waals surface area contributed by atoms with Crippen molar-refractivity contribution < 1.29 is 24.9 Å². The molecule has 0 fully saturated rings. The number of Topliss-reactive ketones (excluding diaryl/α,β-unsaturated/α-hetero) is 1. The van der Waals surface area contributed by atoms with Gasteiger partial charge in [-0.15, -0.1) is 0 Å². The van der Waals surface area contributed by atoms with Gasteiger partial charge in [0.15, 0.2) is 5.78 Å². The van der Waals surface area contributed by atoms with Crippen molar-refractivity contribution in [3.8, 4) is 23.0 Å². The summed E-state index contributed by atoms with van der Waals surface area (Å²) in [5, 5.41) is 29.3. The lowest BCUT2D eigenvalue weighted by molar-refractivity contribution is 0.0654. The van der Waals surface area contributed by atoms with Crippen molar-refractivity contribution in [1.82, 2.24) is 0 Å². The maximum atomic E-state index is 13.0. The second-order valence-corrected chi connectivity index (χ2v) is 6.46. The number of rotatable bonds is 3. The zero-order chi connectivity index (χ0) is 18.1. The molecule has 2 unspecified atom stereocenters. The van der Waals surface area contributed by atoms with E-state index >= 15 is 0 Å². The van der Waals surface area contributed by atoms with E-state index in [9.17, 15) is 20.1 Å². The fourth-order valence-corrected chi connectivity index (χ4v) is 3.03. The molecule has 0 spiro atoms. The minimum Gasteiger partial charge on any atom is -0.508 e. The Morgan fingerprint density at radius 1 is 1.08 bits per heavy atom. The molecule has 130 valence electrons. The van der Waals surface area contributed by atoms with Crippen LogP contribution >= 0.6 is 0 Å². The monoisotopic (exact) mass is 340 g/mol. The third-order valence-corrected chi connectivity index (χ3v) is 4.27. The number of phenols is 3. The summed E-state index contributed by atoms with van der Waals surface area (Å²) in [6.45, 7) is 3.90. The van der Waals surface area contributed by atoms with Crippen molar-refractivity contribution in [3.05, 3.63) is 59.2 Å². The smallest absolute Gasteiger partial charge is 0.177 e. The Morgan fingerprint density at radius 3 is 2.40 bits per heavy atom. The molecule has 0 amide bonds. The summed E-state index contributed by atoms with van der Waals surface area (Å²) in [6.07, 6.45) is 1.85. The molecule has 0 radical (unpaired) electrons. The van der Waals surface area contributed by atoms with Gasteiger partial charge in [-0.1, -0.05) is 23.8 Å². The van der Waals surface area contributed by atoms with Gasteiger partial charge >= 0.3 is 0 Å². The third-order valence-electron chi connectivity index (χ3n) is 4.27. The van der Waals surface area contributed by atoms with E-state index in [-0.39, 0.29) is 34.3 Å². The first kappa shape index (κ1) is 16.9. The number of fused-ring (bicyclic) bond motifs is 1. The summed E-state index contributed by atoms with van der Waals surface area (Å²) in [5.41, 5.74) is 1.92. The normalized spacial score (nSPS) is 19.0. The second kappa shape index (κ2) is 6.51. The maximum absolute atomic E-state index is 13.0. The number of hydrogen-bond donors (Lipinski definition) is 3. The number of allylic oxidation sites excluding steroid dienone is 2. The zero-order valence-electron chi connectivity index (χ0n) is 14.1. The molecule has 0 saturated heterocycles. The van der Waals surface area contributed by atoms with Crippen molar-refractivity contribution in [1.29, 1.82) is 0 Å². The molecule has 1 heterocycles. The van der Waals surface area contributed by atoms with Gasteiger partial charge in [0.2, 0.25) is 0 Å². The largest absolute Gasteiger partial charge is 0.508 e. The lowest BCUT2D eigenvalue weighted by atomic mass is 9.83. The van der Waals surface area contributed by atoms with Crippen LogP contribution in [0, 0.1) is 5.92 Å². The van der Waals surface area contributed by atoms with Crippen molar-refractivity contribution in [2.24, 2.45) is 5.92 Å². The second-order valence-electron chi connectivity index (χ2n) is 6.46. The highest BCUT2D eigenvalue weighted by atomic mass is 16.5. The Balaban J connectivity index is 2.09. The van der Waals surface area contributed by atoms with Gasteiger partial charge < -0.3 is 20.1 Å². The summed E-state index contributed by atoms with van der Waals surface area (Å²) >= 11 is 0. The van der Waals surface area contributed by atoms with E-state index in [0.717, 1.165) is 17.2 Å². The standard InChI is InChI=1S/C20H20O5/c1-11(2)3-8-15-19(24)18-16(23)9-14(22)10-17(18)25-20(15)12-4-6-13(21)7-5-12/h3-7,9-10,15,20-23H,8H2,1-2H3. The molecule has 2 aromatic rings. The van der Waals surface area contributed by atoms with Gasteiger partial charge in [-0.25, -0.2) is 0 Å². The summed E-state index contributed by atoms with van der Waals surface area (Å²) in [7, 11) is 0. The van der Waals surface area contributed by atoms with Crippen LogP contribution in [0.25, 0.3) is 0 Å². The number of ketones is 1. The molecule has 2 atom stereocenters. The van der Waals surface area contributed by atoms with Gasteiger partial charge in [0.1, 0.15) is 34.7 Å². The molecule has 5 nitrogen and oxygen atoms in total. The number of aromatic hydroxyl groups is 3. The quantitative estimate of drug-likeness (QED) is 0.733. The molecule has 0 saturated carbocycles. The average Bonchev–Trinajstić information content (AvgIpc) is 2.53. The Morgan fingerprint density at radius 2 is 1.76 bits per heavy atom. The van der Waals surface area contributed by atoms with E-state index in [0.29, 0.717) is 6.42 Å². The summed E-state index contributed by atoms with van der Waals surface area (Å²) in [6, 6.07) is 8.95. The van der Waals surface area contributed by atoms with Crippen molar-refractivity contribution in [2.75, 3.05) is 0 Å². The van der Waals surface area contributed by atoms with E-state index in [1.165, 1.54) is 18.2 Å². The summed E-state index contributed by atoms with van der Waals surface area (Å²) < 4.78 is 5.98. The van der Waals surface area contributed by atoms with Crippen LogP contribution in [-0.2, 0) is 0 Å². The number of carbonyl (C=O) groups excluding carboxylic acids is 1. The van der Waals surface area contributed by atoms with Gasteiger partial charge in [0.05, 0.1) is 5.92 Å². The van der Waals surface area contributed by atoms with Crippen LogP contribution in [0.5, 0.6) is 23.0 Å². The minimum atomic E-state index is -0.572. The Labute approximate surface area is 145 Å². The number of phenolic OH excluding ortho intramolecular Hbond substituents is 3. The molecular formula is C20H20O5. The Bertz CT molecular complexity index is 832. The Hall–Kier alpha value is -2.95. The molecule has 3 rings (SSSR count). The van der Waals surface area contributed by atoms with E-state index in [1.54, 1.807) is 12.1 Å². The van der Waals surface area contributed by atoms with Crippen molar-refractivity contribution in [2.45, 2.75) is 26.4 Å². The van der Waals surface area contributed by atoms with Crippen molar-refractivity contribution in [3.63, 3.8) is 0 Å². The molecule has 2 aromatic carbocycles. The van der Waals surface area contributed by atoms with E-state index in [1.807, 2.05) is 19.9 Å². The van der Waals surface area contributed by atoms with E-state index in [4.69, 9.17) is 4.74 Å². The maximum Gasteiger partial charge on any atom is 0.177 e. The van der Waals surface area contributed by atoms with Crippen LogP contribution < -0.4 is 4.74 Å². The lowest BCUT2D eigenvalue weighted by Crippen LogP contribution is -2.31. The van der Waals surface area contributed by atoms with Gasteiger partial charge in [-0.3, -0.25) is 4.79 Å². The molecule has 5 heteroatoms. The van der Waals surface area contributed by atoms with E-state index < -0.39 is 12.0 Å². The highest BCUT2D eigenvalue weighted by Gasteiger charge is 2.39. The highest BCUT2D eigenvalue weighted by molar-refractivity contribution is 6.04. The van der Waals surface area contributed by atoms with Gasteiger partial charge in [-0.2, -0.15) is 0 Å². The minimum absolute atomic E-state index is 0.0972. The first-order valence-corrected chi connectivity index (χ1v) is 8.06. The third kappa shape index (κ3) is 3.31. The van der Waals surface area contributed by atoms with Crippen LogP contribution in [0.1, 0.15) is 42.3 Å². The topological polar surface area (TPSA) is 87.0 Å². The number of hydrogen-bond acceptors (Lipinski definition) is 5. The fourth-order valence-electron chi connectivity index (χ4n) is 3.03. The van der Waals surface area contributed by atoms with Crippen LogP contribution in [-0.4, -0.2) is 21.1 Å². The Kier molecular flexibility index (Phi) is 4.40. The molecule has 25 heavy (non-hydrogen) atoms. The predicted octanol–water partition coefficient (Wildman–Crippen LogP) is 4.09. The van der Waals surface area contributed by atoms with E-state index in [2.05, 4.69) is 0 Å². The molecule has 0 aliphatic carbocycles. The van der Waals surface area contributed by atoms with Crippen LogP contribution in [0.3, 0.4) is 0 Å². The molecular weight excluding hydrogens is 320 g/mol. The molecule has 1 aliphatic heterocycles. The van der Waals surface area contributed by atoms with Crippen LogP contribution in [0.2, 0.25) is 0 Å². The van der Waals surface area contributed by atoms with Gasteiger partial charge in [-0.05, 0) is 38.0 Å². The van der Waals surface area contributed by atoms with Crippen molar-refractivity contribution >= 4 is 5.78 Å². The average molecular weight is 340 g/mol.